The third-order valence-corrected chi connectivity index (χ3v) is 4.62. The summed E-state index contributed by atoms with van der Waals surface area (Å²) >= 11 is 0. The highest BCUT2D eigenvalue weighted by Crippen LogP contribution is 2.40. The molecule has 1 heterocycles. The van der Waals surface area contributed by atoms with Crippen molar-refractivity contribution < 1.29 is 14.8 Å². The van der Waals surface area contributed by atoms with E-state index in [-0.39, 0.29) is 17.8 Å². The number of carboxylic acid groups (broad SMARTS) is 1. The summed E-state index contributed by atoms with van der Waals surface area (Å²) in [6, 6.07) is 16.0. The van der Waals surface area contributed by atoms with E-state index in [1.165, 1.54) is 6.07 Å². The number of nitro benzene ring substituents is 1. The predicted molar refractivity (Wildman–Crippen MR) is 88.7 cm³/mol. The van der Waals surface area contributed by atoms with Gasteiger partial charge in [0.05, 0.1) is 4.92 Å². The molecule has 0 spiro atoms. The van der Waals surface area contributed by atoms with Crippen molar-refractivity contribution >= 4 is 11.7 Å². The minimum absolute atomic E-state index is 0.124. The van der Waals surface area contributed by atoms with E-state index in [2.05, 4.69) is 0 Å². The van der Waals surface area contributed by atoms with Gasteiger partial charge < -0.3 is 5.11 Å². The summed E-state index contributed by atoms with van der Waals surface area (Å²) in [7, 11) is 0. The van der Waals surface area contributed by atoms with Crippen LogP contribution in [-0.4, -0.2) is 34.0 Å². The molecule has 1 saturated heterocycles. The number of para-hydroxylation sites is 1. The van der Waals surface area contributed by atoms with Crippen molar-refractivity contribution in [2.24, 2.45) is 0 Å². The van der Waals surface area contributed by atoms with Crippen LogP contribution in [-0.2, 0) is 16.8 Å². The number of hydrogen-bond donors (Lipinski definition) is 1. The number of hydrogen-bond acceptors (Lipinski definition) is 4. The highest BCUT2D eigenvalue weighted by atomic mass is 16.6. The fourth-order valence-corrected chi connectivity index (χ4v) is 3.41. The highest BCUT2D eigenvalue weighted by molar-refractivity contribution is 5.84. The van der Waals surface area contributed by atoms with Crippen LogP contribution in [0.5, 0.6) is 0 Å². The lowest BCUT2D eigenvalue weighted by Crippen LogP contribution is -2.39. The monoisotopic (exact) mass is 326 g/mol. The van der Waals surface area contributed by atoms with E-state index in [4.69, 9.17) is 0 Å². The van der Waals surface area contributed by atoms with Crippen molar-refractivity contribution in [2.75, 3.05) is 13.1 Å². The van der Waals surface area contributed by atoms with E-state index < -0.39 is 16.3 Å². The fraction of sp³-hybridized carbons (Fsp3) is 0.278. The van der Waals surface area contributed by atoms with Crippen LogP contribution in [0.25, 0.3) is 0 Å². The molecule has 0 aromatic heterocycles. The Morgan fingerprint density at radius 1 is 1.17 bits per heavy atom. The molecule has 0 aliphatic carbocycles. The topological polar surface area (TPSA) is 83.7 Å². The van der Waals surface area contributed by atoms with Gasteiger partial charge in [-0.25, -0.2) is 0 Å². The molecule has 3 rings (SSSR count). The molecule has 124 valence electrons. The van der Waals surface area contributed by atoms with Gasteiger partial charge >= 0.3 is 5.97 Å². The maximum atomic E-state index is 12.0. The van der Waals surface area contributed by atoms with Crippen LogP contribution in [0.4, 0.5) is 5.69 Å². The van der Waals surface area contributed by atoms with Crippen molar-refractivity contribution in [3.05, 3.63) is 75.8 Å². The molecule has 24 heavy (non-hydrogen) atoms. The molecular weight excluding hydrogens is 308 g/mol. The maximum absolute atomic E-state index is 12.0. The first-order chi connectivity index (χ1) is 11.5. The SMILES string of the molecule is O=C(O)[C@@]1(c2ccccc2[N+](=O)[O-])CCN(Cc2ccccc2)C1. The summed E-state index contributed by atoms with van der Waals surface area (Å²) in [6.45, 7) is 1.49. The molecule has 1 atom stereocenters. The van der Waals surface area contributed by atoms with Crippen molar-refractivity contribution in [3.8, 4) is 0 Å². The largest absolute Gasteiger partial charge is 0.481 e. The summed E-state index contributed by atoms with van der Waals surface area (Å²) in [5, 5.41) is 21.2. The minimum Gasteiger partial charge on any atom is -0.481 e. The lowest BCUT2D eigenvalue weighted by atomic mass is 9.79. The van der Waals surface area contributed by atoms with Gasteiger partial charge in [0.2, 0.25) is 0 Å². The van der Waals surface area contributed by atoms with E-state index in [0.717, 1.165) is 5.56 Å². The summed E-state index contributed by atoms with van der Waals surface area (Å²) in [4.78, 5) is 24.9. The van der Waals surface area contributed by atoms with Gasteiger partial charge in [-0.05, 0) is 12.0 Å². The Balaban J connectivity index is 1.92. The summed E-state index contributed by atoms with van der Waals surface area (Å²) in [6.07, 6.45) is 0.361. The smallest absolute Gasteiger partial charge is 0.315 e. The molecule has 0 amide bonds. The van der Waals surface area contributed by atoms with Crippen LogP contribution in [0.1, 0.15) is 17.5 Å². The molecule has 1 N–H and O–H groups in total. The number of nitrogens with zero attached hydrogens (tertiary/aromatic N) is 2. The molecule has 6 heteroatoms. The van der Waals surface area contributed by atoms with E-state index in [1.54, 1.807) is 18.2 Å². The standard InChI is InChI=1S/C18H18N2O4/c21-17(22)18(15-8-4-5-9-16(15)20(23)24)10-11-19(13-18)12-14-6-2-1-3-7-14/h1-9H,10-13H2,(H,21,22)/t18-/m0/s1. The molecule has 6 nitrogen and oxygen atoms in total. The number of aliphatic carboxylic acids is 1. The quantitative estimate of drug-likeness (QED) is 0.675. The van der Waals surface area contributed by atoms with Gasteiger partial charge in [-0.2, -0.15) is 0 Å². The summed E-state index contributed by atoms with van der Waals surface area (Å²) in [5.41, 5.74) is 0.0269. The molecule has 0 saturated carbocycles. The van der Waals surface area contributed by atoms with Gasteiger partial charge in [-0.3, -0.25) is 19.8 Å². The molecule has 2 aromatic carbocycles. The molecular formula is C18H18N2O4. The van der Waals surface area contributed by atoms with Crippen molar-refractivity contribution in [1.82, 2.24) is 4.90 Å². The number of carbonyl (C=O) groups is 1. The van der Waals surface area contributed by atoms with Gasteiger partial charge in [0.15, 0.2) is 0 Å². The third kappa shape index (κ3) is 2.88. The second-order valence-corrected chi connectivity index (χ2v) is 6.11. The minimum atomic E-state index is -1.24. The highest BCUT2D eigenvalue weighted by Gasteiger charge is 2.49. The van der Waals surface area contributed by atoms with Crippen LogP contribution in [0, 0.1) is 10.1 Å². The average Bonchev–Trinajstić information content (AvgIpc) is 3.01. The van der Waals surface area contributed by atoms with Gasteiger partial charge in [0, 0.05) is 31.3 Å². The Kier molecular flexibility index (Phi) is 4.31. The number of rotatable bonds is 5. The zero-order valence-corrected chi connectivity index (χ0v) is 13.1. The van der Waals surface area contributed by atoms with Crippen LogP contribution in [0.15, 0.2) is 54.6 Å². The zero-order chi connectivity index (χ0) is 17.2. The first kappa shape index (κ1) is 16.1. The molecule has 1 fully saturated rings. The Bertz CT molecular complexity index is 763. The van der Waals surface area contributed by atoms with E-state index in [9.17, 15) is 20.0 Å². The van der Waals surface area contributed by atoms with Crippen molar-refractivity contribution in [1.29, 1.82) is 0 Å². The van der Waals surface area contributed by atoms with E-state index in [0.29, 0.717) is 19.5 Å². The Hall–Kier alpha value is -2.73. The summed E-state index contributed by atoms with van der Waals surface area (Å²) < 4.78 is 0. The van der Waals surface area contributed by atoms with Crippen molar-refractivity contribution in [2.45, 2.75) is 18.4 Å². The van der Waals surface area contributed by atoms with Gasteiger partial charge in [0.1, 0.15) is 5.41 Å². The number of carboxylic acids is 1. The van der Waals surface area contributed by atoms with Crippen molar-refractivity contribution in [3.63, 3.8) is 0 Å². The average molecular weight is 326 g/mol. The molecule has 0 unspecified atom stereocenters. The predicted octanol–water partition coefficient (Wildman–Crippen LogP) is 2.82. The normalized spacial score (nSPS) is 20.8. The molecule has 2 aromatic rings. The van der Waals surface area contributed by atoms with Crippen LogP contribution < -0.4 is 0 Å². The number of nitro groups is 1. The Morgan fingerprint density at radius 3 is 2.50 bits per heavy atom. The Morgan fingerprint density at radius 2 is 1.83 bits per heavy atom. The van der Waals surface area contributed by atoms with Gasteiger partial charge in [-0.1, -0.05) is 48.5 Å². The van der Waals surface area contributed by atoms with Crippen LogP contribution >= 0.6 is 0 Å². The third-order valence-electron chi connectivity index (χ3n) is 4.62. The lowest BCUT2D eigenvalue weighted by molar-refractivity contribution is -0.386. The van der Waals surface area contributed by atoms with Gasteiger partial charge in [0.25, 0.3) is 5.69 Å². The van der Waals surface area contributed by atoms with Crippen LogP contribution in [0.3, 0.4) is 0 Å². The van der Waals surface area contributed by atoms with Crippen LogP contribution in [0.2, 0.25) is 0 Å². The number of benzene rings is 2. The lowest BCUT2D eigenvalue weighted by Gasteiger charge is -2.25. The molecule has 1 aliphatic heterocycles. The maximum Gasteiger partial charge on any atom is 0.315 e. The zero-order valence-electron chi connectivity index (χ0n) is 13.1. The molecule has 0 bridgehead atoms. The first-order valence-corrected chi connectivity index (χ1v) is 7.76. The molecule has 0 radical (unpaired) electrons. The first-order valence-electron chi connectivity index (χ1n) is 7.76. The van der Waals surface area contributed by atoms with Gasteiger partial charge in [-0.15, -0.1) is 0 Å². The van der Waals surface area contributed by atoms with E-state index in [1.807, 2.05) is 35.2 Å². The molecule has 1 aliphatic rings. The Labute approximate surface area is 139 Å². The fourth-order valence-electron chi connectivity index (χ4n) is 3.41. The van der Waals surface area contributed by atoms with E-state index >= 15 is 0 Å². The summed E-state index contributed by atoms with van der Waals surface area (Å²) in [5.74, 6) is -1.01. The number of likely N-dealkylation sites (tertiary alicyclic amines) is 1. The second kappa shape index (κ2) is 6.41. The second-order valence-electron chi connectivity index (χ2n) is 6.11.